The fourth-order valence-electron chi connectivity index (χ4n) is 3.99. The van der Waals surface area contributed by atoms with Crippen LogP contribution in [0.25, 0.3) is 21.5 Å². The lowest BCUT2D eigenvalue weighted by Crippen LogP contribution is -2.26. The highest BCUT2D eigenvalue weighted by Crippen LogP contribution is 2.26. The Hall–Kier alpha value is -3.52. The average molecular weight is 377 g/mol. The molecule has 2 unspecified atom stereocenters. The Bertz CT molecular complexity index is 1240. The first-order valence-electron chi connectivity index (χ1n) is 10.2. The van der Waals surface area contributed by atoms with Gasteiger partial charge >= 0.3 is 0 Å². The number of fused-ring (bicyclic) bond motifs is 2. The zero-order chi connectivity index (χ0) is 19.6. The predicted molar refractivity (Wildman–Crippen MR) is 125 cm³/mol. The molecule has 2 atom stereocenters. The van der Waals surface area contributed by atoms with Crippen LogP contribution in [-0.2, 0) is 0 Å². The van der Waals surface area contributed by atoms with E-state index in [9.17, 15) is 0 Å². The topological polar surface area (TPSA) is 24.1 Å². The second-order valence-corrected chi connectivity index (χ2v) is 7.76. The number of anilines is 2. The van der Waals surface area contributed by atoms with E-state index in [1.165, 1.54) is 21.5 Å². The van der Waals surface area contributed by atoms with E-state index in [2.05, 4.69) is 121 Å². The number of rotatable bonds is 4. The summed E-state index contributed by atoms with van der Waals surface area (Å²) in [6.07, 6.45) is 6.73. The Balaban J connectivity index is 1.30. The van der Waals surface area contributed by atoms with Crippen molar-refractivity contribution in [3.05, 3.63) is 109 Å². The van der Waals surface area contributed by atoms with Crippen LogP contribution in [0, 0.1) is 5.92 Å². The molecule has 2 nitrogen and oxygen atoms in total. The van der Waals surface area contributed by atoms with Crippen molar-refractivity contribution in [3.63, 3.8) is 0 Å². The molecule has 0 aliphatic heterocycles. The van der Waals surface area contributed by atoms with Gasteiger partial charge in [0.25, 0.3) is 0 Å². The average Bonchev–Trinajstić information content (AvgIpc) is 2.75. The fraction of sp³-hybridized carbons (Fsp3) is 0.111. The molecule has 2 heteroatoms. The fourth-order valence-corrected chi connectivity index (χ4v) is 3.99. The monoisotopic (exact) mass is 376 g/mol. The van der Waals surface area contributed by atoms with Crippen molar-refractivity contribution in [1.82, 2.24) is 0 Å². The molecule has 0 saturated heterocycles. The molecule has 1 aliphatic carbocycles. The van der Waals surface area contributed by atoms with Crippen molar-refractivity contribution in [2.24, 2.45) is 5.92 Å². The van der Waals surface area contributed by atoms with Crippen molar-refractivity contribution >= 4 is 32.9 Å². The van der Waals surface area contributed by atoms with Crippen LogP contribution in [-0.4, -0.2) is 6.04 Å². The van der Waals surface area contributed by atoms with E-state index in [1.54, 1.807) is 0 Å². The smallest absolute Gasteiger partial charge is 0.0509 e. The van der Waals surface area contributed by atoms with Crippen LogP contribution in [0.4, 0.5) is 11.4 Å². The summed E-state index contributed by atoms with van der Waals surface area (Å²) in [5.41, 5.74) is 3.42. The summed E-state index contributed by atoms with van der Waals surface area (Å²) in [7, 11) is 0. The van der Waals surface area contributed by atoms with Crippen molar-refractivity contribution in [3.8, 4) is 0 Å². The highest BCUT2D eigenvalue weighted by Gasteiger charge is 2.17. The Morgan fingerprint density at radius 1 is 0.655 bits per heavy atom. The first kappa shape index (κ1) is 17.6. The van der Waals surface area contributed by atoms with Gasteiger partial charge in [-0.25, -0.2) is 0 Å². The molecule has 29 heavy (non-hydrogen) atoms. The number of nitrogens with one attached hydrogen (secondary N) is 2. The van der Waals surface area contributed by atoms with Gasteiger partial charge in [-0.15, -0.1) is 0 Å². The number of hydrogen-bond acceptors (Lipinski definition) is 2. The van der Waals surface area contributed by atoms with Gasteiger partial charge in [-0.2, -0.15) is 0 Å². The molecule has 0 heterocycles. The van der Waals surface area contributed by atoms with Crippen molar-refractivity contribution in [2.75, 3.05) is 10.6 Å². The van der Waals surface area contributed by atoms with Crippen molar-refractivity contribution in [2.45, 2.75) is 13.0 Å². The molecule has 1 aliphatic rings. The molecule has 5 rings (SSSR count). The first-order valence-corrected chi connectivity index (χ1v) is 10.2. The molecule has 0 fully saturated rings. The third-order valence-electron chi connectivity index (χ3n) is 5.61. The van der Waals surface area contributed by atoms with Crippen molar-refractivity contribution < 1.29 is 0 Å². The molecule has 0 aromatic heterocycles. The Morgan fingerprint density at radius 2 is 1.24 bits per heavy atom. The highest BCUT2D eigenvalue weighted by atomic mass is 14.9. The Labute approximate surface area is 171 Å². The lowest BCUT2D eigenvalue weighted by molar-refractivity contribution is 0.655. The van der Waals surface area contributed by atoms with Gasteiger partial charge in [-0.05, 0) is 51.9 Å². The van der Waals surface area contributed by atoms with Crippen LogP contribution in [0.1, 0.15) is 6.92 Å². The van der Waals surface area contributed by atoms with E-state index in [-0.39, 0.29) is 6.04 Å². The Kier molecular flexibility index (Phi) is 4.53. The second-order valence-electron chi connectivity index (χ2n) is 7.76. The van der Waals surface area contributed by atoms with Crippen LogP contribution >= 0.6 is 0 Å². The van der Waals surface area contributed by atoms with Gasteiger partial charge in [0.1, 0.15) is 0 Å². The Morgan fingerprint density at radius 3 is 1.90 bits per heavy atom. The zero-order valence-electron chi connectivity index (χ0n) is 16.5. The van der Waals surface area contributed by atoms with Crippen LogP contribution < -0.4 is 10.6 Å². The molecular weight excluding hydrogens is 352 g/mol. The summed E-state index contributed by atoms with van der Waals surface area (Å²) in [6.45, 7) is 2.25. The third-order valence-corrected chi connectivity index (χ3v) is 5.61. The van der Waals surface area contributed by atoms with Gasteiger partial charge in [0, 0.05) is 23.0 Å². The molecule has 4 aromatic carbocycles. The van der Waals surface area contributed by atoms with E-state index >= 15 is 0 Å². The van der Waals surface area contributed by atoms with Crippen molar-refractivity contribution in [1.29, 1.82) is 0 Å². The molecule has 0 radical (unpaired) electrons. The molecular formula is C27H24N2. The molecule has 142 valence electrons. The van der Waals surface area contributed by atoms with Crippen LogP contribution in [0.3, 0.4) is 0 Å². The molecule has 2 N–H and O–H groups in total. The minimum Gasteiger partial charge on any atom is -0.378 e. The number of benzene rings is 4. The maximum absolute atomic E-state index is 3.67. The summed E-state index contributed by atoms with van der Waals surface area (Å²) < 4.78 is 0. The second kappa shape index (κ2) is 7.48. The minimum atomic E-state index is 0.276. The van der Waals surface area contributed by atoms with E-state index in [4.69, 9.17) is 0 Å². The van der Waals surface area contributed by atoms with E-state index in [0.717, 1.165) is 17.1 Å². The van der Waals surface area contributed by atoms with E-state index < -0.39 is 0 Å². The summed E-state index contributed by atoms with van der Waals surface area (Å²) in [5, 5.41) is 12.3. The quantitative estimate of drug-likeness (QED) is 0.402. The molecule has 0 saturated carbocycles. The summed E-state index contributed by atoms with van der Waals surface area (Å²) in [4.78, 5) is 0. The normalized spacial score (nSPS) is 18.6. The predicted octanol–water partition coefficient (Wildman–Crippen LogP) is 6.98. The summed E-state index contributed by atoms with van der Waals surface area (Å²) >= 11 is 0. The third kappa shape index (κ3) is 3.74. The summed E-state index contributed by atoms with van der Waals surface area (Å²) in [5.74, 6) is 0.384. The lowest BCUT2D eigenvalue weighted by Gasteiger charge is -2.26. The van der Waals surface area contributed by atoms with Gasteiger partial charge in [-0.3, -0.25) is 0 Å². The van der Waals surface area contributed by atoms with E-state index in [0.29, 0.717) is 5.92 Å². The maximum atomic E-state index is 3.67. The minimum absolute atomic E-state index is 0.276. The van der Waals surface area contributed by atoms with Crippen LogP contribution in [0.15, 0.2) is 109 Å². The lowest BCUT2D eigenvalue weighted by atomic mass is 9.95. The largest absolute Gasteiger partial charge is 0.378 e. The standard InChI is InChI=1S/C27H24N2/c1-19-16-24(28-25-12-10-20-6-2-4-8-22(20)17-25)14-15-27(19)29-26-13-11-21-7-3-5-9-23(21)18-26/h2-19,27-29H,1H3. The molecule has 0 bridgehead atoms. The SMILES string of the molecule is CC1C=C(Nc2ccc3ccccc3c2)C=CC1Nc1ccc2ccccc2c1. The van der Waals surface area contributed by atoms with Crippen LogP contribution in [0.2, 0.25) is 0 Å². The zero-order valence-corrected chi connectivity index (χ0v) is 16.5. The first-order chi connectivity index (χ1) is 14.2. The van der Waals surface area contributed by atoms with Gasteiger partial charge in [-0.1, -0.05) is 79.7 Å². The van der Waals surface area contributed by atoms with E-state index in [1.807, 2.05) is 0 Å². The molecule has 0 spiro atoms. The summed E-state index contributed by atoms with van der Waals surface area (Å²) in [6, 6.07) is 30.3. The van der Waals surface area contributed by atoms with Gasteiger partial charge in [0.15, 0.2) is 0 Å². The van der Waals surface area contributed by atoms with Crippen LogP contribution in [0.5, 0.6) is 0 Å². The molecule has 4 aromatic rings. The van der Waals surface area contributed by atoms with Gasteiger partial charge in [0.05, 0.1) is 6.04 Å². The molecule has 0 amide bonds. The highest BCUT2D eigenvalue weighted by molar-refractivity contribution is 5.86. The van der Waals surface area contributed by atoms with Gasteiger partial charge < -0.3 is 10.6 Å². The number of allylic oxidation sites excluding steroid dienone is 1. The maximum Gasteiger partial charge on any atom is 0.0509 e. The van der Waals surface area contributed by atoms with Gasteiger partial charge in [0.2, 0.25) is 0 Å². The number of hydrogen-bond donors (Lipinski definition) is 2.